The predicted octanol–water partition coefficient (Wildman–Crippen LogP) is -1.02. The van der Waals surface area contributed by atoms with Crippen molar-refractivity contribution in [1.82, 2.24) is 9.55 Å². The molecule has 0 radical (unpaired) electrons. The SMILES string of the molecule is Cn1c(=O)c2cc3c(=O)[nH]c(=O)c3cc2c1=O. The molecule has 0 saturated heterocycles. The Labute approximate surface area is 92.4 Å². The van der Waals surface area contributed by atoms with Crippen LogP contribution in [0.25, 0.3) is 21.5 Å². The number of aromatic nitrogens is 2. The average Bonchev–Trinajstić information content (AvgIpc) is 2.70. The molecular formula is C11H6N2O4. The minimum Gasteiger partial charge on any atom is -0.288 e. The van der Waals surface area contributed by atoms with E-state index in [2.05, 4.69) is 4.98 Å². The summed E-state index contributed by atoms with van der Waals surface area (Å²) in [7, 11) is 1.36. The largest absolute Gasteiger partial charge is 0.288 e. The minimum atomic E-state index is -0.539. The topological polar surface area (TPSA) is 89.0 Å². The molecule has 3 rings (SSSR count). The Bertz CT molecular complexity index is 891. The fourth-order valence-electron chi connectivity index (χ4n) is 2.02. The monoisotopic (exact) mass is 230 g/mol. The van der Waals surface area contributed by atoms with Crippen molar-refractivity contribution in [3.05, 3.63) is 53.5 Å². The third-order valence-electron chi connectivity index (χ3n) is 2.94. The Balaban J connectivity index is 2.79. The number of fused-ring (bicyclic) bond motifs is 2. The standard InChI is InChI=1S/C11H6N2O4/c1-13-10(16)6-2-4-5(3-7(6)11(13)17)9(15)12-8(4)14/h2-3H,1H3,(H,12,14,15). The van der Waals surface area contributed by atoms with E-state index < -0.39 is 22.2 Å². The molecule has 0 spiro atoms. The van der Waals surface area contributed by atoms with E-state index in [1.165, 1.54) is 19.2 Å². The first-order chi connectivity index (χ1) is 8.00. The van der Waals surface area contributed by atoms with Gasteiger partial charge in [-0.2, -0.15) is 0 Å². The van der Waals surface area contributed by atoms with Gasteiger partial charge in [0.15, 0.2) is 0 Å². The molecule has 2 aromatic heterocycles. The van der Waals surface area contributed by atoms with Crippen molar-refractivity contribution >= 4 is 21.5 Å². The van der Waals surface area contributed by atoms with Crippen molar-refractivity contribution in [3.63, 3.8) is 0 Å². The summed E-state index contributed by atoms with van der Waals surface area (Å²) in [5.41, 5.74) is -2.00. The second-order valence-corrected chi connectivity index (χ2v) is 3.90. The summed E-state index contributed by atoms with van der Waals surface area (Å²) >= 11 is 0. The first kappa shape index (κ1) is 9.71. The van der Waals surface area contributed by atoms with Gasteiger partial charge in [0.25, 0.3) is 22.2 Å². The quantitative estimate of drug-likeness (QED) is 0.535. The highest BCUT2D eigenvalue weighted by Crippen LogP contribution is 2.12. The molecule has 0 unspecified atom stereocenters. The summed E-state index contributed by atoms with van der Waals surface area (Å²) in [5.74, 6) is 0. The minimum absolute atomic E-state index is 0.144. The number of nitrogens with zero attached hydrogens (tertiary/aromatic N) is 1. The van der Waals surface area contributed by atoms with Crippen molar-refractivity contribution in [1.29, 1.82) is 0 Å². The fourth-order valence-corrected chi connectivity index (χ4v) is 2.02. The van der Waals surface area contributed by atoms with Crippen molar-refractivity contribution in [2.75, 3.05) is 0 Å². The van der Waals surface area contributed by atoms with Crippen molar-refractivity contribution in [2.45, 2.75) is 0 Å². The van der Waals surface area contributed by atoms with Crippen LogP contribution in [-0.4, -0.2) is 9.55 Å². The van der Waals surface area contributed by atoms with E-state index in [9.17, 15) is 19.2 Å². The van der Waals surface area contributed by atoms with E-state index in [4.69, 9.17) is 0 Å². The van der Waals surface area contributed by atoms with E-state index in [0.29, 0.717) is 0 Å². The zero-order valence-electron chi connectivity index (χ0n) is 8.73. The Morgan fingerprint density at radius 3 is 1.65 bits per heavy atom. The first-order valence-corrected chi connectivity index (χ1v) is 4.87. The number of benzene rings is 1. The lowest BCUT2D eigenvalue weighted by Gasteiger charge is -1.86. The molecule has 0 bridgehead atoms. The lowest BCUT2D eigenvalue weighted by molar-refractivity contribution is 0.856. The van der Waals surface area contributed by atoms with E-state index in [1.807, 2.05) is 0 Å². The van der Waals surface area contributed by atoms with E-state index in [0.717, 1.165) is 4.57 Å². The van der Waals surface area contributed by atoms with Gasteiger partial charge in [-0.15, -0.1) is 0 Å². The number of aromatic amines is 1. The molecule has 6 heteroatoms. The van der Waals surface area contributed by atoms with Gasteiger partial charge in [-0.05, 0) is 12.1 Å². The van der Waals surface area contributed by atoms with Gasteiger partial charge in [-0.3, -0.25) is 28.7 Å². The fraction of sp³-hybridized carbons (Fsp3) is 0.0909. The molecule has 1 N–H and O–H groups in total. The van der Waals surface area contributed by atoms with Crippen molar-refractivity contribution in [3.8, 4) is 0 Å². The number of hydrogen-bond donors (Lipinski definition) is 1. The number of hydrogen-bond acceptors (Lipinski definition) is 4. The Morgan fingerprint density at radius 1 is 0.824 bits per heavy atom. The summed E-state index contributed by atoms with van der Waals surface area (Å²) < 4.78 is 0.961. The number of H-pyrrole nitrogens is 1. The molecule has 0 aliphatic heterocycles. The number of nitrogens with one attached hydrogen (secondary N) is 1. The lowest BCUT2D eigenvalue weighted by Crippen LogP contribution is -2.20. The Kier molecular flexibility index (Phi) is 1.59. The van der Waals surface area contributed by atoms with Crippen molar-refractivity contribution < 1.29 is 0 Å². The van der Waals surface area contributed by atoms with Crippen LogP contribution >= 0.6 is 0 Å². The van der Waals surface area contributed by atoms with Gasteiger partial charge in [0.1, 0.15) is 0 Å². The second kappa shape index (κ2) is 2.79. The van der Waals surface area contributed by atoms with Crippen LogP contribution < -0.4 is 22.2 Å². The third-order valence-corrected chi connectivity index (χ3v) is 2.94. The predicted molar refractivity (Wildman–Crippen MR) is 62.2 cm³/mol. The highest BCUT2D eigenvalue weighted by atomic mass is 16.2. The molecule has 0 atom stereocenters. The smallest absolute Gasteiger partial charge is 0.261 e. The van der Waals surface area contributed by atoms with E-state index in [-0.39, 0.29) is 21.5 Å². The maximum absolute atomic E-state index is 11.7. The normalized spacial score (nSPS) is 11.6. The molecular weight excluding hydrogens is 224 g/mol. The molecule has 3 aromatic rings. The second-order valence-electron chi connectivity index (χ2n) is 3.90. The van der Waals surface area contributed by atoms with Gasteiger partial charge >= 0.3 is 0 Å². The highest BCUT2D eigenvalue weighted by molar-refractivity contribution is 5.97. The van der Waals surface area contributed by atoms with Crippen LogP contribution in [0.4, 0.5) is 0 Å². The third kappa shape index (κ3) is 1.04. The zero-order chi connectivity index (χ0) is 12.3. The maximum Gasteiger partial charge on any atom is 0.261 e. The van der Waals surface area contributed by atoms with Crippen LogP contribution in [0.3, 0.4) is 0 Å². The molecule has 0 aliphatic carbocycles. The molecule has 2 heterocycles. The molecule has 6 nitrogen and oxygen atoms in total. The van der Waals surface area contributed by atoms with Crippen LogP contribution in [0.5, 0.6) is 0 Å². The summed E-state index contributed by atoms with van der Waals surface area (Å²) in [6, 6.07) is 2.60. The van der Waals surface area contributed by atoms with Gasteiger partial charge in [0.2, 0.25) is 0 Å². The van der Waals surface area contributed by atoms with Gasteiger partial charge in [0, 0.05) is 7.05 Å². The maximum atomic E-state index is 11.7. The van der Waals surface area contributed by atoms with Crippen LogP contribution in [0, 0.1) is 0 Å². The molecule has 84 valence electrons. The van der Waals surface area contributed by atoms with Crippen molar-refractivity contribution in [2.24, 2.45) is 7.05 Å². The summed E-state index contributed by atoms with van der Waals surface area (Å²) in [6.45, 7) is 0. The van der Waals surface area contributed by atoms with Gasteiger partial charge < -0.3 is 0 Å². The molecule has 1 aromatic carbocycles. The van der Waals surface area contributed by atoms with Crippen LogP contribution in [0.2, 0.25) is 0 Å². The van der Waals surface area contributed by atoms with Crippen LogP contribution in [0.1, 0.15) is 0 Å². The molecule has 0 saturated carbocycles. The highest BCUT2D eigenvalue weighted by Gasteiger charge is 2.14. The average molecular weight is 230 g/mol. The zero-order valence-corrected chi connectivity index (χ0v) is 8.73. The lowest BCUT2D eigenvalue weighted by atomic mass is 10.1. The van der Waals surface area contributed by atoms with E-state index in [1.54, 1.807) is 0 Å². The molecule has 0 amide bonds. The van der Waals surface area contributed by atoms with Crippen LogP contribution in [0.15, 0.2) is 31.3 Å². The van der Waals surface area contributed by atoms with E-state index >= 15 is 0 Å². The summed E-state index contributed by atoms with van der Waals surface area (Å²) in [4.78, 5) is 48.3. The van der Waals surface area contributed by atoms with Gasteiger partial charge in [-0.1, -0.05) is 0 Å². The Morgan fingerprint density at radius 2 is 1.24 bits per heavy atom. The molecule has 17 heavy (non-hydrogen) atoms. The van der Waals surface area contributed by atoms with Gasteiger partial charge in [-0.25, -0.2) is 0 Å². The summed E-state index contributed by atoms with van der Waals surface area (Å²) in [5, 5.41) is 0.623. The number of rotatable bonds is 0. The molecule has 0 fully saturated rings. The molecule has 0 aliphatic rings. The first-order valence-electron chi connectivity index (χ1n) is 4.87. The van der Waals surface area contributed by atoms with Crippen LogP contribution in [-0.2, 0) is 7.05 Å². The summed E-state index contributed by atoms with van der Waals surface area (Å²) in [6.07, 6.45) is 0. The van der Waals surface area contributed by atoms with Gasteiger partial charge in [0.05, 0.1) is 21.5 Å². The Hall–Kier alpha value is -2.50.